The van der Waals surface area contributed by atoms with E-state index in [4.69, 9.17) is 4.74 Å². The maximum absolute atomic E-state index is 13.9. The van der Waals surface area contributed by atoms with E-state index in [2.05, 4.69) is 15.0 Å². The van der Waals surface area contributed by atoms with Gasteiger partial charge in [0.25, 0.3) is 0 Å². The molecule has 1 aliphatic carbocycles. The highest BCUT2D eigenvalue weighted by Gasteiger charge is 2.25. The Kier molecular flexibility index (Phi) is 7.27. The van der Waals surface area contributed by atoms with Gasteiger partial charge in [0.1, 0.15) is 17.3 Å². The van der Waals surface area contributed by atoms with Gasteiger partial charge in [-0.05, 0) is 43.5 Å². The number of nitrogens with one attached hydrogen (secondary N) is 1. The monoisotopic (exact) mass is 451 g/mol. The van der Waals surface area contributed by atoms with Gasteiger partial charge in [0, 0.05) is 24.7 Å². The van der Waals surface area contributed by atoms with Crippen molar-refractivity contribution in [3.8, 4) is 5.75 Å². The number of halogens is 4. The number of aliphatic imine (C=N–C) groups is 1. The first-order valence-electron chi connectivity index (χ1n) is 10.0. The predicted molar refractivity (Wildman–Crippen MR) is 116 cm³/mol. The third-order valence-corrected chi connectivity index (χ3v) is 5.09. The normalized spacial score (nSPS) is 20.0. The van der Waals surface area contributed by atoms with Crippen molar-refractivity contribution in [2.45, 2.75) is 40.0 Å². The number of nitrogens with zero attached hydrogens (tertiary/aromatic N) is 2. The second-order valence-electron chi connectivity index (χ2n) is 7.42. The summed E-state index contributed by atoms with van der Waals surface area (Å²) in [4.78, 5) is 6.29. The van der Waals surface area contributed by atoms with Crippen molar-refractivity contribution >= 4 is 11.6 Å². The lowest BCUT2D eigenvalue weighted by molar-refractivity contribution is -0.0502. The Hall–Kier alpha value is -3.23. The molecule has 0 fully saturated rings. The van der Waals surface area contributed by atoms with Crippen molar-refractivity contribution < 1.29 is 27.0 Å². The summed E-state index contributed by atoms with van der Waals surface area (Å²) >= 11 is 0. The molecule has 1 heterocycles. The Morgan fingerprint density at radius 3 is 2.62 bits per heavy atom. The number of allylic oxidation sites excluding steroid dienone is 4. The van der Waals surface area contributed by atoms with E-state index in [0.717, 1.165) is 11.6 Å². The SMILES string of the molecule is C/C=C1/N=C(Nc2cc(OC(F)F)c(C)cc2C)N(CC2=CC=C(F)C(F)C2)C=C1OC. The lowest BCUT2D eigenvalue weighted by atomic mass is 10.0. The first-order chi connectivity index (χ1) is 15.2. The molecule has 0 spiro atoms. The maximum atomic E-state index is 13.9. The maximum Gasteiger partial charge on any atom is 0.387 e. The van der Waals surface area contributed by atoms with Crippen LogP contribution in [-0.4, -0.2) is 37.3 Å². The van der Waals surface area contributed by atoms with E-state index >= 15 is 0 Å². The van der Waals surface area contributed by atoms with Gasteiger partial charge in [0.05, 0.1) is 13.3 Å². The number of rotatable bonds is 6. The van der Waals surface area contributed by atoms with E-state index in [-0.39, 0.29) is 18.7 Å². The molecule has 1 aromatic rings. The minimum Gasteiger partial charge on any atom is -0.493 e. The third kappa shape index (κ3) is 5.33. The number of guanidine groups is 1. The molecule has 0 aromatic heterocycles. The smallest absolute Gasteiger partial charge is 0.387 e. The average molecular weight is 451 g/mol. The summed E-state index contributed by atoms with van der Waals surface area (Å²) in [6.45, 7) is 2.59. The Balaban J connectivity index is 1.94. The summed E-state index contributed by atoms with van der Waals surface area (Å²) in [6, 6.07) is 3.21. The number of alkyl halides is 3. The first kappa shape index (κ1) is 23.4. The van der Waals surface area contributed by atoms with Crippen molar-refractivity contribution in [1.82, 2.24) is 4.90 Å². The highest BCUT2D eigenvalue weighted by Crippen LogP contribution is 2.30. The molecule has 1 atom stereocenters. The van der Waals surface area contributed by atoms with Crippen LogP contribution in [0.1, 0.15) is 24.5 Å². The van der Waals surface area contributed by atoms with Crippen LogP contribution >= 0.6 is 0 Å². The van der Waals surface area contributed by atoms with Crippen LogP contribution in [0.5, 0.6) is 5.75 Å². The fraction of sp³-hybridized carbons (Fsp3) is 0.348. The lowest BCUT2D eigenvalue weighted by Crippen LogP contribution is -2.37. The standard InChI is InChI=1S/C23H25F4N3O2/c1-5-18-21(31-4)12-30(11-15-6-7-16(24)17(25)9-15)23(28-18)29-19-10-20(32-22(26)27)14(3)8-13(19)2/h5-8,10,12,17,22H,9,11H2,1-4H3,(H,28,29)/b18-5+. The number of aryl methyl sites for hydroxylation is 2. The van der Waals surface area contributed by atoms with Crippen molar-refractivity contribution in [3.63, 3.8) is 0 Å². The molecule has 1 aliphatic heterocycles. The fourth-order valence-corrected chi connectivity index (χ4v) is 3.43. The van der Waals surface area contributed by atoms with Crippen molar-refractivity contribution in [3.05, 3.63) is 70.5 Å². The van der Waals surface area contributed by atoms with E-state index in [1.54, 1.807) is 43.2 Å². The van der Waals surface area contributed by atoms with Crippen LogP contribution in [0, 0.1) is 13.8 Å². The van der Waals surface area contributed by atoms with Crippen LogP contribution in [0.15, 0.2) is 64.4 Å². The third-order valence-electron chi connectivity index (χ3n) is 5.09. The minimum absolute atomic E-state index is 0.0475. The number of hydrogen-bond donors (Lipinski definition) is 1. The van der Waals surface area contributed by atoms with E-state index in [9.17, 15) is 17.6 Å². The van der Waals surface area contributed by atoms with Gasteiger partial charge >= 0.3 is 6.61 Å². The molecule has 1 unspecified atom stereocenters. The Morgan fingerprint density at radius 1 is 1.25 bits per heavy atom. The van der Waals surface area contributed by atoms with Crippen LogP contribution < -0.4 is 10.1 Å². The molecule has 32 heavy (non-hydrogen) atoms. The molecule has 0 amide bonds. The Labute approximate surface area is 184 Å². The summed E-state index contributed by atoms with van der Waals surface area (Å²) in [6.07, 6.45) is 4.37. The Morgan fingerprint density at radius 2 is 2.00 bits per heavy atom. The van der Waals surface area contributed by atoms with Gasteiger partial charge in [-0.2, -0.15) is 8.78 Å². The number of methoxy groups -OCH3 is 1. The highest BCUT2D eigenvalue weighted by molar-refractivity contribution is 5.97. The predicted octanol–water partition coefficient (Wildman–Crippen LogP) is 5.90. The van der Waals surface area contributed by atoms with Crippen LogP contribution in [0.25, 0.3) is 0 Å². The van der Waals surface area contributed by atoms with E-state index in [1.165, 1.54) is 13.2 Å². The summed E-state index contributed by atoms with van der Waals surface area (Å²) < 4.78 is 62.8. The van der Waals surface area contributed by atoms with Crippen molar-refractivity contribution in [2.75, 3.05) is 19.0 Å². The molecule has 5 nitrogen and oxygen atoms in total. The van der Waals surface area contributed by atoms with Gasteiger partial charge in [-0.3, -0.25) is 0 Å². The second kappa shape index (κ2) is 9.93. The average Bonchev–Trinajstić information content (AvgIpc) is 2.74. The van der Waals surface area contributed by atoms with Crippen molar-refractivity contribution in [2.24, 2.45) is 4.99 Å². The number of benzene rings is 1. The van der Waals surface area contributed by atoms with E-state index < -0.39 is 18.6 Å². The molecule has 3 rings (SSSR count). The van der Waals surface area contributed by atoms with Crippen LogP contribution in [0.3, 0.4) is 0 Å². The zero-order valence-electron chi connectivity index (χ0n) is 18.3. The molecule has 0 saturated carbocycles. The number of ether oxygens (including phenoxy) is 2. The zero-order valence-corrected chi connectivity index (χ0v) is 18.3. The van der Waals surface area contributed by atoms with Crippen molar-refractivity contribution in [1.29, 1.82) is 0 Å². The summed E-state index contributed by atoms with van der Waals surface area (Å²) in [5.41, 5.74) is 3.10. The quantitative estimate of drug-likeness (QED) is 0.547. The molecule has 1 N–H and O–H groups in total. The van der Waals surface area contributed by atoms with Crippen LogP contribution in [0.4, 0.5) is 23.2 Å². The van der Waals surface area contributed by atoms with Gasteiger partial charge in [-0.25, -0.2) is 13.8 Å². The van der Waals surface area contributed by atoms with Gasteiger partial charge in [0.2, 0.25) is 5.96 Å². The highest BCUT2D eigenvalue weighted by atomic mass is 19.3. The summed E-state index contributed by atoms with van der Waals surface area (Å²) in [7, 11) is 1.51. The molecular weight excluding hydrogens is 426 g/mol. The molecule has 0 radical (unpaired) electrons. The van der Waals surface area contributed by atoms with Crippen LogP contribution in [0.2, 0.25) is 0 Å². The topological polar surface area (TPSA) is 46.1 Å². The minimum atomic E-state index is -2.95. The molecule has 9 heteroatoms. The summed E-state index contributed by atoms with van der Waals surface area (Å²) in [5, 5.41) is 3.16. The Bertz CT molecular complexity index is 1030. The first-order valence-corrected chi connectivity index (χ1v) is 10.0. The van der Waals surface area contributed by atoms with Gasteiger partial charge < -0.3 is 19.7 Å². The molecule has 172 valence electrons. The molecule has 2 aliphatic rings. The van der Waals surface area contributed by atoms with Gasteiger partial charge in [-0.15, -0.1) is 0 Å². The van der Waals surface area contributed by atoms with Gasteiger partial charge in [0.15, 0.2) is 11.9 Å². The van der Waals surface area contributed by atoms with Crippen LogP contribution in [-0.2, 0) is 4.74 Å². The molecule has 0 saturated heterocycles. The molecular formula is C23H25F4N3O2. The lowest BCUT2D eigenvalue weighted by Gasteiger charge is -2.30. The van der Waals surface area contributed by atoms with E-state index in [1.807, 2.05) is 6.92 Å². The van der Waals surface area contributed by atoms with Gasteiger partial charge in [-0.1, -0.05) is 18.2 Å². The number of anilines is 1. The summed E-state index contributed by atoms with van der Waals surface area (Å²) in [5.74, 6) is 0.118. The zero-order chi connectivity index (χ0) is 23.4. The molecule has 1 aromatic carbocycles. The fourth-order valence-electron chi connectivity index (χ4n) is 3.43. The second-order valence-corrected chi connectivity index (χ2v) is 7.42. The van der Waals surface area contributed by atoms with E-state index in [0.29, 0.717) is 34.2 Å². The molecule has 0 bridgehead atoms. The largest absolute Gasteiger partial charge is 0.493 e. The number of hydrogen-bond acceptors (Lipinski definition) is 5.